The van der Waals surface area contributed by atoms with Gasteiger partial charge in [-0.3, -0.25) is 9.69 Å². The van der Waals surface area contributed by atoms with E-state index in [2.05, 4.69) is 15.3 Å². The minimum absolute atomic E-state index is 0.166. The average molecular weight is 473 g/mol. The quantitative estimate of drug-likeness (QED) is 0.664. The smallest absolute Gasteiger partial charge is 0.265 e. The molecule has 4 rings (SSSR count). The van der Waals surface area contributed by atoms with E-state index in [0.717, 1.165) is 41.8 Å². The molecule has 0 saturated carbocycles. The third-order valence-corrected chi connectivity index (χ3v) is 9.86. The summed E-state index contributed by atoms with van der Waals surface area (Å²) >= 11 is 4.63. The molecule has 1 amide bonds. The van der Waals surface area contributed by atoms with E-state index < -0.39 is 10.0 Å². The summed E-state index contributed by atoms with van der Waals surface area (Å²) < 4.78 is 27.6. The Morgan fingerprint density at radius 2 is 1.83 bits per heavy atom. The van der Waals surface area contributed by atoms with Crippen molar-refractivity contribution in [1.82, 2.24) is 19.1 Å². The van der Waals surface area contributed by atoms with Gasteiger partial charge in [-0.25, -0.2) is 13.4 Å². The van der Waals surface area contributed by atoms with E-state index in [1.807, 2.05) is 6.92 Å². The van der Waals surface area contributed by atoms with Gasteiger partial charge in [0.25, 0.3) is 5.91 Å². The van der Waals surface area contributed by atoms with Crippen molar-refractivity contribution < 1.29 is 13.2 Å². The van der Waals surface area contributed by atoms with Crippen LogP contribution in [0, 0.1) is 6.92 Å². The van der Waals surface area contributed by atoms with Gasteiger partial charge in [-0.2, -0.15) is 16.1 Å². The second kappa shape index (κ2) is 9.03. The molecule has 2 aliphatic heterocycles. The molecule has 0 radical (unpaired) electrons. The lowest BCUT2D eigenvalue weighted by molar-refractivity contribution is 0.0628. The topological polar surface area (TPSA) is 73.8 Å². The van der Waals surface area contributed by atoms with Crippen molar-refractivity contribution in [1.29, 1.82) is 0 Å². The summed E-state index contributed by atoms with van der Waals surface area (Å²) in [7, 11) is -3.62. The highest BCUT2D eigenvalue weighted by Crippen LogP contribution is 2.28. The molecule has 29 heavy (non-hydrogen) atoms. The van der Waals surface area contributed by atoms with E-state index in [9.17, 15) is 13.2 Å². The van der Waals surface area contributed by atoms with Crippen molar-refractivity contribution in [2.75, 3.05) is 50.8 Å². The normalized spacial score (nSPS) is 19.6. The fraction of sp³-hybridized carbons (Fsp3) is 0.556. The first-order valence-electron chi connectivity index (χ1n) is 9.53. The molecule has 7 nitrogen and oxygen atoms in total. The molecule has 11 heteroatoms. The molecular weight excluding hydrogens is 448 g/mol. The maximum absolute atomic E-state index is 13.1. The van der Waals surface area contributed by atoms with Crippen LogP contribution in [0.1, 0.15) is 20.4 Å². The molecule has 0 bridgehead atoms. The van der Waals surface area contributed by atoms with Crippen LogP contribution in [0.4, 0.5) is 0 Å². The maximum Gasteiger partial charge on any atom is 0.265 e. The molecule has 0 atom stereocenters. The number of nitrogens with zero attached hydrogens (tertiary/aromatic N) is 4. The molecular formula is C18H24N4O3S4. The first-order chi connectivity index (χ1) is 13.9. The zero-order valence-electron chi connectivity index (χ0n) is 16.2. The fourth-order valence-electron chi connectivity index (χ4n) is 3.55. The molecule has 2 aromatic rings. The minimum Gasteiger partial charge on any atom is -0.335 e. The van der Waals surface area contributed by atoms with Gasteiger partial charge in [0, 0.05) is 62.7 Å². The summed E-state index contributed by atoms with van der Waals surface area (Å²) in [6.07, 6.45) is 0. The number of piperazine rings is 1. The van der Waals surface area contributed by atoms with Crippen molar-refractivity contribution >= 4 is 50.4 Å². The molecule has 2 saturated heterocycles. The molecule has 0 unspecified atom stereocenters. The second-order valence-corrected chi connectivity index (χ2v) is 12.2. The number of carbonyl (C=O) groups is 1. The summed E-state index contributed by atoms with van der Waals surface area (Å²) in [5.74, 6) is 1.43. The molecule has 2 aromatic heterocycles. The Balaban J connectivity index is 1.41. The Morgan fingerprint density at radius 1 is 1.10 bits per heavy atom. The van der Waals surface area contributed by atoms with Gasteiger partial charge in [-0.1, -0.05) is 0 Å². The lowest BCUT2D eigenvalue weighted by atomic mass is 10.2. The van der Waals surface area contributed by atoms with Crippen LogP contribution < -0.4 is 0 Å². The van der Waals surface area contributed by atoms with Gasteiger partial charge in [0.15, 0.2) is 0 Å². The van der Waals surface area contributed by atoms with E-state index in [-0.39, 0.29) is 10.8 Å². The predicted molar refractivity (Wildman–Crippen MR) is 118 cm³/mol. The van der Waals surface area contributed by atoms with Crippen LogP contribution in [-0.4, -0.2) is 84.2 Å². The van der Waals surface area contributed by atoms with Crippen molar-refractivity contribution in [2.24, 2.45) is 0 Å². The average Bonchev–Trinajstić information content (AvgIpc) is 3.38. The Bertz CT molecular complexity index is 957. The highest BCUT2D eigenvalue weighted by atomic mass is 32.2. The Kier molecular flexibility index (Phi) is 6.62. The largest absolute Gasteiger partial charge is 0.335 e. The first kappa shape index (κ1) is 21.3. The molecule has 0 spiro atoms. The Labute approximate surface area is 183 Å². The monoisotopic (exact) mass is 472 g/mol. The molecule has 0 aliphatic carbocycles. The van der Waals surface area contributed by atoms with Crippen molar-refractivity contribution in [3.8, 4) is 0 Å². The number of carbonyl (C=O) groups excluding carboxylic acids is 1. The van der Waals surface area contributed by atoms with Gasteiger partial charge >= 0.3 is 0 Å². The molecule has 0 aromatic carbocycles. The number of hydrogen-bond donors (Lipinski definition) is 0. The standard InChI is InChI=1S/C18H24N4O3S4/c1-14-19-15(13-28-14)12-20-3-5-21(6-4-20)18(23)17-16(2-9-27-17)29(24,25)22-7-10-26-11-8-22/h2,9,13H,3-8,10-12H2,1H3. The van der Waals surface area contributed by atoms with Crippen LogP contribution in [0.2, 0.25) is 0 Å². The highest BCUT2D eigenvalue weighted by molar-refractivity contribution is 7.99. The van der Waals surface area contributed by atoms with Gasteiger partial charge in [0.05, 0.1) is 10.7 Å². The number of hydrogen-bond acceptors (Lipinski definition) is 8. The van der Waals surface area contributed by atoms with Crippen LogP contribution in [0.25, 0.3) is 0 Å². The van der Waals surface area contributed by atoms with Crippen LogP contribution in [-0.2, 0) is 16.6 Å². The summed E-state index contributed by atoms with van der Waals surface area (Å²) in [5, 5.41) is 4.85. The summed E-state index contributed by atoms with van der Waals surface area (Å²) in [4.78, 5) is 22.2. The van der Waals surface area contributed by atoms with Crippen LogP contribution in [0.15, 0.2) is 21.7 Å². The Morgan fingerprint density at radius 3 is 2.48 bits per heavy atom. The second-order valence-electron chi connectivity index (χ2n) is 7.06. The van der Waals surface area contributed by atoms with Crippen molar-refractivity contribution in [2.45, 2.75) is 18.4 Å². The molecule has 158 valence electrons. The molecule has 4 heterocycles. The van der Waals surface area contributed by atoms with Crippen molar-refractivity contribution in [3.05, 3.63) is 32.4 Å². The van der Waals surface area contributed by atoms with Gasteiger partial charge in [0.1, 0.15) is 9.77 Å². The number of aromatic nitrogens is 1. The van der Waals surface area contributed by atoms with Crippen LogP contribution in [0.3, 0.4) is 0 Å². The lowest BCUT2D eigenvalue weighted by Crippen LogP contribution is -2.48. The van der Waals surface area contributed by atoms with Gasteiger partial charge < -0.3 is 4.90 Å². The van der Waals surface area contributed by atoms with Crippen LogP contribution >= 0.6 is 34.4 Å². The number of amides is 1. The SMILES string of the molecule is Cc1nc(CN2CCN(C(=O)c3sccc3S(=O)(=O)N3CCSCC3)CC2)cs1. The minimum atomic E-state index is -3.62. The van der Waals surface area contributed by atoms with Crippen LogP contribution in [0.5, 0.6) is 0 Å². The maximum atomic E-state index is 13.1. The highest BCUT2D eigenvalue weighted by Gasteiger charge is 2.33. The van der Waals surface area contributed by atoms with E-state index in [1.165, 1.54) is 15.6 Å². The van der Waals surface area contributed by atoms with Gasteiger partial charge in [-0.05, 0) is 18.4 Å². The predicted octanol–water partition coefficient (Wildman–Crippen LogP) is 2.21. The van der Waals surface area contributed by atoms with E-state index in [4.69, 9.17) is 0 Å². The summed E-state index contributed by atoms with van der Waals surface area (Å²) in [5.41, 5.74) is 1.07. The zero-order valence-corrected chi connectivity index (χ0v) is 19.5. The first-order valence-corrected chi connectivity index (χ1v) is 13.9. The van der Waals surface area contributed by atoms with E-state index in [1.54, 1.807) is 39.4 Å². The molecule has 2 aliphatic rings. The van der Waals surface area contributed by atoms with Gasteiger partial charge in [-0.15, -0.1) is 22.7 Å². The third kappa shape index (κ3) is 4.70. The summed E-state index contributed by atoms with van der Waals surface area (Å²) in [6.45, 7) is 6.52. The molecule has 2 fully saturated rings. The number of sulfonamides is 1. The van der Waals surface area contributed by atoms with E-state index in [0.29, 0.717) is 31.1 Å². The summed E-state index contributed by atoms with van der Waals surface area (Å²) in [6, 6.07) is 1.58. The Hall–Kier alpha value is -0.980. The number of thiophene rings is 1. The number of thioether (sulfide) groups is 1. The lowest BCUT2D eigenvalue weighted by Gasteiger charge is -2.34. The zero-order chi connectivity index (χ0) is 20.4. The fourth-order valence-corrected chi connectivity index (χ4v) is 8.09. The number of thiazole rings is 1. The number of aryl methyl sites for hydroxylation is 1. The molecule has 0 N–H and O–H groups in total. The van der Waals surface area contributed by atoms with E-state index >= 15 is 0 Å². The van der Waals surface area contributed by atoms with Crippen molar-refractivity contribution in [3.63, 3.8) is 0 Å². The third-order valence-electron chi connectivity index (χ3n) is 5.12. The number of rotatable bonds is 5. The van der Waals surface area contributed by atoms with Gasteiger partial charge in [0.2, 0.25) is 10.0 Å².